The SMILES string of the molecule is C1=CC2=C[Te]CC2=C1. The van der Waals surface area contributed by atoms with Crippen LogP contribution in [0.25, 0.3) is 0 Å². The molecule has 0 nitrogen and oxygen atoms in total. The summed E-state index contributed by atoms with van der Waals surface area (Å²) in [5, 5.41) is 0. The number of hydrogen-bond acceptors (Lipinski definition) is 0. The van der Waals surface area contributed by atoms with Gasteiger partial charge in [-0.05, 0) is 0 Å². The summed E-state index contributed by atoms with van der Waals surface area (Å²) in [6, 6.07) is 0. The second-order valence-corrected chi connectivity index (χ2v) is 4.38. The number of fused-ring (bicyclic) bond motifs is 1. The van der Waals surface area contributed by atoms with E-state index in [1.54, 1.807) is 5.57 Å². The van der Waals surface area contributed by atoms with Gasteiger partial charge in [-0.15, -0.1) is 0 Å². The summed E-state index contributed by atoms with van der Waals surface area (Å²) in [6.07, 6.45) is 6.60. The van der Waals surface area contributed by atoms with Gasteiger partial charge in [-0.25, -0.2) is 0 Å². The maximum absolute atomic E-state index is 2.43. The maximum atomic E-state index is 2.43. The van der Waals surface area contributed by atoms with Crippen molar-refractivity contribution in [2.75, 3.05) is 0 Å². The third-order valence-corrected chi connectivity index (χ3v) is 3.96. The van der Waals surface area contributed by atoms with Crippen molar-refractivity contribution in [3.8, 4) is 0 Å². The van der Waals surface area contributed by atoms with Crippen LogP contribution in [0.15, 0.2) is 33.5 Å². The normalized spacial score (nSPS) is 23.0. The second kappa shape index (κ2) is 1.76. The molecule has 40 valence electrons. The third kappa shape index (κ3) is 0.588. The van der Waals surface area contributed by atoms with Crippen LogP contribution in [0, 0.1) is 0 Å². The molecule has 0 aromatic heterocycles. The van der Waals surface area contributed by atoms with E-state index in [0.29, 0.717) is 0 Å². The van der Waals surface area contributed by atoms with Crippen LogP contribution < -0.4 is 0 Å². The monoisotopic (exact) mass is 220 g/mol. The van der Waals surface area contributed by atoms with Crippen LogP contribution in [0.1, 0.15) is 0 Å². The summed E-state index contributed by atoms with van der Waals surface area (Å²) in [5.41, 5.74) is 3.11. The minimum atomic E-state index is 0.274. The zero-order valence-electron chi connectivity index (χ0n) is 4.42. The van der Waals surface area contributed by atoms with Gasteiger partial charge in [-0.1, -0.05) is 0 Å². The van der Waals surface area contributed by atoms with Gasteiger partial charge in [0.2, 0.25) is 0 Å². The molecule has 2 rings (SSSR count). The van der Waals surface area contributed by atoms with Crippen molar-refractivity contribution in [3.63, 3.8) is 0 Å². The molecule has 1 heteroatoms. The van der Waals surface area contributed by atoms with Gasteiger partial charge in [-0.3, -0.25) is 0 Å². The van der Waals surface area contributed by atoms with Gasteiger partial charge in [-0.2, -0.15) is 0 Å². The first-order chi connectivity index (χ1) is 3.97. The van der Waals surface area contributed by atoms with Crippen molar-refractivity contribution in [2.45, 2.75) is 4.47 Å². The Labute approximate surface area is 59.1 Å². The molecule has 0 saturated heterocycles. The number of hydrogen-bond donors (Lipinski definition) is 0. The molecule has 0 unspecified atom stereocenters. The Morgan fingerprint density at radius 2 is 2.50 bits per heavy atom. The van der Waals surface area contributed by atoms with Gasteiger partial charge >= 0.3 is 58.9 Å². The zero-order valence-corrected chi connectivity index (χ0v) is 6.76. The predicted molar refractivity (Wildman–Crippen MR) is 35.9 cm³/mol. The van der Waals surface area contributed by atoms with E-state index in [0.717, 1.165) is 0 Å². The minimum absolute atomic E-state index is 0.274. The summed E-state index contributed by atoms with van der Waals surface area (Å²) in [7, 11) is 0. The Kier molecular flexibility index (Phi) is 1.06. The molecular formula is C7H6Te. The Balaban J connectivity index is 2.49. The van der Waals surface area contributed by atoms with E-state index in [9.17, 15) is 0 Å². The molecule has 0 N–H and O–H groups in total. The standard InChI is InChI=1S/C7H6Te/c1-2-6-4-8-5-7(6)3-1/h1-4H,5H2. The first-order valence-electron chi connectivity index (χ1n) is 2.66. The molecule has 1 aliphatic heterocycles. The van der Waals surface area contributed by atoms with Gasteiger partial charge in [0.25, 0.3) is 0 Å². The summed E-state index contributed by atoms with van der Waals surface area (Å²) in [5.74, 6) is 0. The molecule has 1 aliphatic carbocycles. The van der Waals surface area contributed by atoms with E-state index < -0.39 is 0 Å². The van der Waals surface area contributed by atoms with E-state index in [4.69, 9.17) is 0 Å². The van der Waals surface area contributed by atoms with Crippen molar-refractivity contribution in [3.05, 3.63) is 33.5 Å². The van der Waals surface area contributed by atoms with E-state index >= 15 is 0 Å². The fraction of sp³-hybridized carbons (Fsp3) is 0.143. The van der Waals surface area contributed by atoms with Crippen LogP contribution in [-0.2, 0) is 0 Å². The van der Waals surface area contributed by atoms with E-state index in [1.165, 1.54) is 10.0 Å². The molecule has 8 heavy (non-hydrogen) atoms. The molecule has 0 bridgehead atoms. The first-order valence-corrected chi connectivity index (χ1v) is 5.65. The topological polar surface area (TPSA) is 0 Å². The average Bonchev–Trinajstić information content (AvgIpc) is 2.15. The average molecular weight is 218 g/mol. The van der Waals surface area contributed by atoms with Gasteiger partial charge < -0.3 is 0 Å². The molecule has 0 atom stereocenters. The molecule has 0 fully saturated rings. The van der Waals surface area contributed by atoms with Crippen molar-refractivity contribution < 1.29 is 0 Å². The van der Waals surface area contributed by atoms with Crippen LogP contribution in [0.4, 0.5) is 0 Å². The molecule has 0 aromatic rings. The molecule has 0 saturated carbocycles. The molecule has 0 aromatic carbocycles. The van der Waals surface area contributed by atoms with Gasteiger partial charge in [0.05, 0.1) is 0 Å². The van der Waals surface area contributed by atoms with Crippen LogP contribution >= 0.6 is 0 Å². The molecule has 0 radical (unpaired) electrons. The molecular weight excluding hydrogens is 212 g/mol. The predicted octanol–water partition coefficient (Wildman–Crippen LogP) is 1.50. The van der Waals surface area contributed by atoms with Crippen molar-refractivity contribution in [1.29, 1.82) is 0 Å². The molecule has 0 amide bonds. The number of rotatable bonds is 0. The van der Waals surface area contributed by atoms with Crippen LogP contribution in [-0.4, -0.2) is 20.9 Å². The van der Waals surface area contributed by atoms with E-state index in [1.807, 2.05) is 0 Å². The summed E-state index contributed by atoms with van der Waals surface area (Å²) in [4.78, 5) is 0. The van der Waals surface area contributed by atoms with Gasteiger partial charge in [0.1, 0.15) is 0 Å². The Morgan fingerprint density at radius 3 is 3.38 bits per heavy atom. The van der Waals surface area contributed by atoms with Crippen molar-refractivity contribution in [1.82, 2.24) is 0 Å². The van der Waals surface area contributed by atoms with Gasteiger partial charge in [0, 0.05) is 0 Å². The molecule has 0 spiro atoms. The van der Waals surface area contributed by atoms with Crippen LogP contribution in [0.3, 0.4) is 0 Å². The van der Waals surface area contributed by atoms with E-state index in [2.05, 4.69) is 22.4 Å². The van der Waals surface area contributed by atoms with Crippen molar-refractivity contribution >= 4 is 20.9 Å². The summed E-state index contributed by atoms with van der Waals surface area (Å²) in [6.45, 7) is 0. The second-order valence-electron chi connectivity index (χ2n) is 1.94. The van der Waals surface area contributed by atoms with Gasteiger partial charge in [0.15, 0.2) is 0 Å². The quantitative estimate of drug-likeness (QED) is 0.540. The number of allylic oxidation sites excluding steroid dienone is 5. The summed E-state index contributed by atoms with van der Waals surface area (Å²) >= 11 is 0.274. The fourth-order valence-corrected chi connectivity index (χ4v) is 3.61. The molecule has 1 heterocycles. The van der Waals surface area contributed by atoms with Crippen LogP contribution in [0.5, 0.6) is 0 Å². The van der Waals surface area contributed by atoms with Crippen LogP contribution in [0.2, 0.25) is 4.47 Å². The zero-order chi connectivity index (χ0) is 5.40. The summed E-state index contributed by atoms with van der Waals surface area (Å²) < 4.78 is 3.83. The Hall–Kier alpha value is 0.00961. The first kappa shape index (κ1) is 4.85. The third-order valence-electron chi connectivity index (χ3n) is 1.39. The van der Waals surface area contributed by atoms with Crippen molar-refractivity contribution in [2.24, 2.45) is 0 Å². The Morgan fingerprint density at radius 1 is 1.50 bits per heavy atom. The van der Waals surface area contributed by atoms with E-state index in [-0.39, 0.29) is 20.9 Å². The fourth-order valence-electron chi connectivity index (χ4n) is 0.939. The Bertz CT molecular complexity index is 196. The molecule has 2 aliphatic rings.